The predicted octanol–water partition coefficient (Wildman–Crippen LogP) is 2.53. The van der Waals surface area contributed by atoms with Gasteiger partial charge >= 0.3 is 0 Å². The summed E-state index contributed by atoms with van der Waals surface area (Å²) in [5.41, 5.74) is 16.7. The highest BCUT2D eigenvalue weighted by atomic mass is 32.2. The summed E-state index contributed by atoms with van der Waals surface area (Å²) in [5.74, 6) is 3.46. The minimum absolute atomic E-state index is 0.278. The molecule has 2 aliphatic rings. The van der Waals surface area contributed by atoms with Crippen LogP contribution in [0.15, 0.2) is 64.2 Å². The maximum absolute atomic E-state index is 6.59. The molecular weight excluding hydrogens is 380 g/mol. The van der Waals surface area contributed by atoms with Crippen LogP contribution in [0.25, 0.3) is 0 Å². The van der Waals surface area contributed by atoms with Crippen molar-refractivity contribution >= 4 is 29.5 Å². The van der Waals surface area contributed by atoms with E-state index in [1.807, 2.05) is 34.1 Å². The van der Waals surface area contributed by atoms with E-state index in [0.29, 0.717) is 0 Å². The largest absolute Gasteiger partial charge is 0.312 e. The molecular formula is C22H24N6S. The van der Waals surface area contributed by atoms with E-state index in [2.05, 4.69) is 49.2 Å². The number of nitrogens with zero attached hydrogens (tertiary/aromatic N) is 4. The van der Waals surface area contributed by atoms with E-state index in [-0.39, 0.29) is 11.7 Å². The maximum Gasteiger partial charge on any atom is 0.150 e. The Morgan fingerprint density at radius 2 is 1.90 bits per heavy atom. The Morgan fingerprint density at radius 1 is 1.14 bits per heavy atom. The number of hydrogen-bond donors (Lipinski definition) is 2. The van der Waals surface area contributed by atoms with Gasteiger partial charge in [0.2, 0.25) is 0 Å². The summed E-state index contributed by atoms with van der Waals surface area (Å²) in [6, 6.07) is 16.1. The van der Waals surface area contributed by atoms with Gasteiger partial charge < -0.3 is 21.3 Å². The third-order valence-corrected chi connectivity index (χ3v) is 5.98. The highest BCUT2D eigenvalue weighted by Crippen LogP contribution is 2.43. The summed E-state index contributed by atoms with van der Waals surface area (Å²) >= 11 is 1.54. The molecule has 2 unspecified atom stereocenters. The number of rotatable bonds is 4. The van der Waals surface area contributed by atoms with E-state index < -0.39 is 0 Å². The number of anilines is 2. The molecule has 2 aromatic carbocycles. The van der Waals surface area contributed by atoms with Gasteiger partial charge in [-0.15, -0.1) is 6.42 Å². The summed E-state index contributed by atoms with van der Waals surface area (Å²) in [6.07, 6.45) is 6.92. The van der Waals surface area contributed by atoms with Crippen molar-refractivity contribution in [3.05, 3.63) is 70.4 Å². The van der Waals surface area contributed by atoms with Gasteiger partial charge in [-0.3, -0.25) is 4.90 Å². The molecule has 0 spiro atoms. The summed E-state index contributed by atoms with van der Waals surface area (Å²) in [7, 11) is 4.11. The number of terminal acetylenes is 1. The van der Waals surface area contributed by atoms with Crippen molar-refractivity contribution in [3.63, 3.8) is 0 Å². The number of aliphatic imine (C=N–C) groups is 1. The number of benzene rings is 2. The second-order valence-electron chi connectivity index (χ2n) is 7.26. The molecule has 0 aromatic heterocycles. The lowest BCUT2D eigenvalue weighted by Crippen LogP contribution is -2.44. The quantitative estimate of drug-likeness (QED) is 0.763. The Bertz CT molecular complexity index is 1000. The molecule has 0 radical (unpaired) electrons. The van der Waals surface area contributed by atoms with E-state index in [4.69, 9.17) is 22.9 Å². The van der Waals surface area contributed by atoms with Gasteiger partial charge in [0, 0.05) is 23.5 Å². The van der Waals surface area contributed by atoms with Crippen LogP contribution in [0.4, 0.5) is 11.4 Å². The van der Waals surface area contributed by atoms with Crippen molar-refractivity contribution in [1.82, 2.24) is 4.90 Å². The normalized spacial score (nSPS) is 21.0. The Balaban J connectivity index is 1.61. The molecule has 4 rings (SSSR count). The molecule has 0 saturated carbocycles. The molecule has 2 atom stereocenters. The van der Waals surface area contributed by atoms with E-state index in [1.165, 1.54) is 17.3 Å². The number of hydrogen-bond acceptors (Lipinski definition) is 7. The van der Waals surface area contributed by atoms with Crippen LogP contribution in [-0.4, -0.2) is 37.0 Å². The first-order valence-electron chi connectivity index (χ1n) is 9.32. The molecule has 2 aromatic rings. The lowest BCUT2D eigenvalue weighted by atomic mass is 10.1. The van der Waals surface area contributed by atoms with Crippen LogP contribution in [0.1, 0.15) is 11.1 Å². The smallest absolute Gasteiger partial charge is 0.150 e. The van der Waals surface area contributed by atoms with Crippen LogP contribution in [0.5, 0.6) is 0 Å². The first-order chi connectivity index (χ1) is 14.0. The maximum atomic E-state index is 6.59. The molecule has 29 heavy (non-hydrogen) atoms. The van der Waals surface area contributed by atoms with Crippen LogP contribution in [0.3, 0.4) is 0 Å². The van der Waals surface area contributed by atoms with Crippen molar-refractivity contribution in [2.75, 3.05) is 23.9 Å². The molecule has 0 fully saturated rings. The van der Waals surface area contributed by atoms with Crippen molar-refractivity contribution in [3.8, 4) is 12.3 Å². The minimum atomic E-state index is -0.371. The second kappa shape index (κ2) is 7.93. The lowest BCUT2D eigenvalue weighted by molar-refractivity contribution is 0.402. The Labute approximate surface area is 175 Å². The highest BCUT2D eigenvalue weighted by molar-refractivity contribution is 8.04. The molecule has 6 nitrogen and oxygen atoms in total. The monoisotopic (exact) mass is 404 g/mol. The zero-order valence-corrected chi connectivity index (χ0v) is 17.3. The van der Waals surface area contributed by atoms with Gasteiger partial charge in [0.25, 0.3) is 0 Å². The van der Waals surface area contributed by atoms with Crippen molar-refractivity contribution in [2.24, 2.45) is 16.5 Å². The van der Waals surface area contributed by atoms with Crippen LogP contribution < -0.4 is 21.3 Å². The van der Waals surface area contributed by atoms with Gasteiger partial charge in [-0.05, 0) is 50.0 Å². The Kier molecular flexibility index (Phi) is 5.35. The van der Waals surface area contributed by atoms with Crippen LogP contribution in [0, 0.1) is 12.3 Å². The highest BCUT2D eigenvalue weighted by Gasteiger charge is 2.38. The third kappa shape index (κ3) is 3.76. The third-order valence-electron chi connectivity index (χ3n) is 4.85. The zero-order valence-electron chi connectivity index (χ0n) is 16.5. The van der Waals surface area contributed by atoms with Gasteiger partial charge in [-0.1, -0.05) is 35.9 Å². The lowest BCUT2D eigenvalue weighted by Gasteiger charge is -2.31. The molecule has 2 aliphatic heterocycles. The molecule has 4 N–H and O–H groups in total. The van der Waals surface area contributed by atoms with Crippen LogP contribution in [-0.2, 0) is 6.54 Å². The summed E-state index contributed by atoms with van der Waals surface area (Å²) in [6.45, 7) is 0.893. The SMILES string of the molecule is C#Cc1cccc(N2C=NC3=C(SC(N)N3c3ccc(CN(C)C)cc3)C2N)c1. The topological polar surface area (TPSA) is 74.1 Å². The van der Waals surface area contributed by atoms with Crippen LogP contribution >= 0.6 is 11.8 Å². The van der Waals surface area contributed by atoms with Gasteiger partial charge in [0.1, 0.15) is 17.5 Å². The van der Waals surface area contributed by atoms with E-state index >= 15 is 0 Å². The molecule has 7 heteroatoms. The molecule has 0 bridgehead atoms. The average Bonchev–Trinajstić information content (AvgIpc) is 3.05. The first kappa shape index (κ1) is 19.6. The summed E-state index contributed by atoms with van der Waals surface area (Å²) in [4.78, 5) is 11.7. The average molecular weight is 405 g/mol. The fraction of sp³-hybridized carbons (Fsp3) is 0.227. The number of thioether (sulfide) groups is 1. The van der Waals surface area contributed by atoms with Crippen LogP contribution in [0.2, 0.25) is 0 Å². The second-order valence-corrected chi connectivity index (χ2v) is 8.42. The molecule has 0 amide bonds. The van der Waals surface area contributed by atoms with Gasteiger partial charge in [-0.2, -0.15) is 0 Å². The predicted molar refractivity (Wildman–Crippen MR) is 122 cm³/mol. The Morgan fingerprint density at radius 3 is 2.59 bits per heavy atom. The summed E-state index contributed by atoms with van der Waals surface area (Å²) in [5, 5.41) is 0. The zero-order chi connectivity index (χ0) is 20.5. The van der Waals surface area contributed by atoms with E-state index in [1.54, 1.807) is 6.34 Å². The first-order valence-corrected chi connectivity index (χ1v) is 10.2. The van der Waals surface area contributed by atoms with Crippen molar-refractivity contribution < 1.29 is 0 Å². The fourth-order valence-electron chi connectivity index (χ4n) is 3.50. The van der Waals surface area contributed by atoms with Gasteiger partial charge in [0.15, 0.2) is 0 Å². The minimum Gasteiger partial charge on any atom is -0.312 e. The molecule has 0 saturated heterocycles. The molecule has 2 heterocycles. The Hall–Kier alpha value is -2.76. The summed E-state index contributed by atoms with van der Waals surface area (Å²) < 4.78 is 0. The fourth-order valence-corrected chi connectivity index (χ4v) is 4.59. The standard InChI is InChI=1S/C22H24N6S/c1-4-15-6-5-7-18(12-15)27-14-25-21-19(20(27)23)29-22(24)28(21)17-10-8-16(9-11-17)13-26(2)3/h1,5-12,14,20,22H,13,23-24H2,2-3H3. The van der Waals surface area contributed by atoms with Crippen molar-refractivity contribution in [1.29, 1.82) is 0 Å². The van der Waals surface area contributed by atoms with Crippen molar-refractivity contribution in [2.45, 2.75) is 18.2 Å². The number of nitrogens with two attached hydrogens (primary N) is 2. The van der Waals surface area contributed by atoms with Gasteiger partial charge in [-0.25, -0.2) is 4.99 Å². The van der Waals surface area contributed by atoms with Gasteiger partial charge in [0.05, 0.1) is 11.2 Å². The van der Waals surface area contributed by atoms with E-state index in [0.717, 1.165) is 34.2 Å². The molecule has 148 valence electrons. The molecule has 0 aliphatic carbocycles. The van der Waals surface area contributed by atoms with E-state index in [9.17, 15) is 0 Å².